The van der Waals surface area contributed by atoms with Crippen LogP contribution in [0.15, 0.2) is 24.3 Å². The van der Waals surface area contributed by atoms with Crippen molar-refractivity contribution in [2.75, 3.05) is 6.61 Å². The van der Waals surface area contributed by atoms with Crippen LogP contribution in [-0.2, 0) is 17.7 Å². The highest BCUT2D eigenvalue weighted by molar-refractivity contribution is 5.32. The number of hydrogen-bond acceptors (Lipinski definition) is 2. The molecule has 0 saturated heterocycles. The van der Waals surface area contributed by atoms with Gasteiger partial charge in [-0.2, -0.15) is 0 Å². The second kappa shape index (κ2) is 3.95. The highest BCUT2D eigenvalue weighted by Gasteiger charge is 2.34. The van der Waals surface area contributed by atoms with Crippen LogP contribution >= 0.6 is 0 Å². The summed E-state index contributed by atoms with van der Waals surface area (Å²) in [4.78, 5) is 4.82. The molecule has 0 amide bonds. The molecule has 0 saturated carbocycles. The third kappa shape index (κ3) is 2.06. The molecular formula is C13H19NO. The first-order valence-electron chi connectivity index (χ1n) is 5.52. The molecule has 15 heavy (non-hydrogen) atoms. The number of rotatable bonds is 3. The second-order valence-corrected chi connectivity index (χ2v) is 5.17. The zero-order valence-corrected chi connectivity index (χ0v) is 9.49. The Morgan fingerprint density at radius 3 is 2.27 bits per heavy atom. The van der Waals surface area contributed by atoms with E-state index in [0.717, 1.165) is 12.8 Å². The average Bonchev–Trinajstić information content (AvgIpc) is 2.61. The van der Waals surface area contributed by atoms with E-state index in [1.165, 1.54) is 11.1 Å². The normalized spacial score (nSPS) is 16.7. The van der Waals surface area contributed by atoms with Crippen LogP contribution in [0.25, 0.3) is 0 Å². The molecule has 1 aromatic carbocycles. The summed E-state index contributed by atoms with van der Waals surface area (Å²) in [6.45, 7) is 5.10. The molecule has 0 aliphatic heterocycles. The maximum atomic E-state index is 5.19. The third-order valence-corrected chi connectivity index (χ3v) is 3.61. The van der Waals surface area contributed by atoms with E-state index in [9.17, 15) is 0 Å². The van der Waals surface area contributed by atoms with Crippen LogP contribution < -0.4 is 5.90 Å². The molecule has 1 aromatic rings. The minimum Gasteiger partial charge on any atom is -0.304 e. The Morgan fingerprint density at radius 2 is 1.80 bits per heavy atom. The Hall–Kier alpha value is -0.860. The Kier molecular flexibility index (Phi) is 2.81. The summed E-state index contributed by atoms with van der Waals surface area (Å²) in [6.07, 6.45) is 2.32. The van der Waals surface area contributed by atoms with E-state index in [-0.39, 0.29) is 5.41 Å². The second-order valence-electron chi connectivity index (χ2n) is 5.17. The Bertz CT molecular complexity index is 321. The lowest BCUT2D eigenvalue weighted by Gasteiger charge is -2.30. The fraction of sp³-hybridized carbons (Fsp3) is 0.538. The molecule has 0 bridgehead atoms. The van der Waals surface area contributed by atoms with Crippen molar-refractivity contribution in [2.24, 2.45) is 17.2 Å². The van der Waals surface area contributed by atoms with Gasteiger partial charge in [0.15, 0.2) is 0 Å². The Morgan fingerprint density at radius 1 is 1.27 bits per heavy atom. The fourth-order valence-corrected chi connectivity index (χ4v) is 2.44. The summed E-state index contributed by atoms with van der Waals surface area (Å²) >= 11 is 0. The van der Waals surface area contributed by atoms with Crippen molar-refractivity contribution in [2.45, 2.75) is 26.7 Å². The van der Waals surface area contributed by atoms with E-state index < -0.39 is 0 Å². The van der Waals surface area contributed by atoms with E-state index >= 15 is 0 Å². The first-order valence-corrected chi connectivity index (χ1v) is 5.52. The third-order valence-electron chi connectivity index (χ3n) is 3.61. The van der Waals surface area contributed by atoms with Gasteiger partial charge >= 0.3 is 0 Å². The van der Waals surface area contributed by atoms with Crippen molar-refractivity contribution < 1.29 is 4.84 Å². The predicted molar refractivity (Wildman–Crippen MR) is 61.3 cm³/mol. The maximum absolute atomic E-state index is 5.19. The van der Waals surface area contributed by atoms with Gasteiger partial charge in [0, 0.05) is 0 Å². The molecule has 0 spiro atoms. The SMILES string of the molecule is CC(C)(CON)C1Cc2ccccc2C1. The van der Waals surface area contributed by atoms with Crippen LogP contribution in [0.5, 0.6) is 0 Å². The molecule has 1 aliphatic carbocycles. The molecule has 2 N–H and O–H groups in total. The van der Waals surface area contributed by atoms with Crippen LogP contribution in [0, 0.1) is 11.3 Å². The van der Waals surface area contributed by atoms with Gasteiger partial charge in [0.05, 0.1) is 6.61 Å². The minimum atomic E-state index is 0.160. The first-order chi connectivity index (χ1) is 7.13. The molecule has 1 aliphatic rings. The Balaban J connectivity index is 2.13. The van der Waals surface area contributed by atoms with Gasteiger partial charge in [-0.25, -0.2) is 5.90 Å². The largest absolute Gasteiger partial charge is 0.304 e. The van der Waals surface area contributed by atoms with Crippen molar-refractivity contribution in [3.05, 3.63) is 35.4 Å². The molecule has 2 heteroatoms. The van der Waals surface area contributed by atoms with Gasteiger partial charge in [0.2, 0.25) is 0 Å². The summed E-state index contributed by atoms with van der Waals surface area (Å²) in [5, 5.41) is 0. The van der Waals surface area contributed by atoms with Gasteiger partial charge in [-0.05, 0) is 35.3 Å². The lowest BCUT2D eigenvalue weighted by atomic mass is 9.78. The van der Waals surface area contributed by atoms with E-state index in [2.05, 4.69) is 38.1 Å². The van der Waals surface area contributed by atoms with E-state index in [0.29, 0.717) is 12.5 Å². The average molecular weight is 205 g/mol. The van der Waals surface area contributed by atoms with Crippen molar-refractivity contribution in [1.29, 1.82) is 0 Å². The van der Waals surface area contributed by atoms with Crippen LogP contribution in [0.1, 0.15) is 25.0 Å². The monoisotopic (exact) mass is 205 g/mol. The summed E-state index contributed by atoms with van der Waals surface area (Å²) in [5.74, 6) is 5.84. The number of benzene rings is 1. The van der Waals surface area contributed by atoms with Gasteiger partial charge in [-0.3, -0.25) is 0 Å². The lowest BCUT2D eigenvalue weighted by molar-refractivity contribution is 0.0304. The van der Waals surface area contributed by atoms with Crippen molar-refractivity contribution >= 4 is 0 Å². The van der Waals surface area contributed by atoms with E-state index in [1.807, 2.05) is 0 Å². The zero-order valence-electron chi connectivity index (χ0n) is 9.49. The standard InChI is InChI=1S/C13H19NO/c1-13(2,9-15-14)12-7-10-5-3-4-6-11(10)8-12/h3-6,12H,7-9,14H2,1-2H3. The smallest absolute Gasteiger partial charge is 0.0733 e. The number of nitrogens with two attached hydrogens (primary N) is 1. The van der Waals surface area contributed by atoms with E-state index in [4.69, 9.17) is 10.7 Å². The predicted octanol–water partition coefficient (Wildman–Crippen LogP) is 2.32. The molecule has 0 radical (unpaired) electrons. The van der Waals surface area contributed by atoms with E-state index in [1.54, 1.807) is 0 Å². The van der Waals surface area contributed by atoms with Crippen LogP contribution in [0.4, 0.5) is 0 Å². The van der Waals surface area contributed by atoms with Crippen molar-refractivity contribution in [3.63, 3.8) is 0 Å². The summed E-state index contributed by atoms with van der Waals surface area (Å²) < 4.78 is 0. The molecule has 2 nitrogen and oxygen atoms in total. The Labute approximate surface area is 91.4 Å². The molecule has 0 unspecified atom stereocenters. The molecule has 0 fully saturated rings. The molecule has 0 atom stereocenters. The molecule has 2 rings (SSSR count). The quantitative estimate of drug-likeness (QED) is 0.769. The van der Waals surface area contributed by atoms with Gasteiger partial charge in [0.1, 0.15) is 0 Å². The number of hydrogen-bond donors (Lipinski definition) is 1. The van der Waals surface area contributed by atoms with Gasteiger partial charge in [-0.15, -0.1) is 0 Å². The van der Waals surface area contributed by atoms with Crippen LogP contribution in [0.3, 0.4) is 0 Å². The summed E-state index contributed by atoms with van der Waals surface area (Å²) in [5.41, 5.74) is 3.15. The first kappa shape index (κ1) is 10.7. The fourth-order valence-electron chi connectivity index (χ4n) is 2.44. The number of fused-ring (bicyclic) bond motifs is 1. The van der Waals surface area contributed by atoms with Crippen molar-refractivity contribution in [1.82, 2.24) is 0 Å². The van der Waals surface area contributed by atoms with Crippen LogP contribution in [-0.4, -0.2) is 6.61 Å². The maximum Gasteiger partial charge on any atom is 0.0733 e. The van der Waals surface area contributed by atoms with Gasteiger partial charge in [0.25, 0.3) is 0 Å². The molecular weight excluding hydrogens is 186 g/mol. The highest BCUT2D eigenvalue weighted by Crippen LogP contribution is 2.38. The summed E-state index contributed by atoms with van der Waals surface area (Å²) in [6, 6.07) is 8.70. The summed E-state index contributed by atoms with van der Waals surface area (Å²) in [7, 11) is 0. The van der Waals surface area contributed by atoms with Crippen molar-refractivity contribution in [3.8, 4) is 0 Å². The highest BCUT2D eigenvalue weighted by atomic mass is 16.6. The zero-order chi connectivity index (χ0) is 10.9. The molecule has 0 heterocycles. The van der Waals surface area contributed by atoms with Gasteiger partial charge < -0.3 is 4.84 Å². The lowest BCUT2D eigenvalue weighted by Crippen LogP contribution is -2.31. The molecule has 82 valence electrons. The molecule has 0 aromatic heterocycles. The minimum absolute atomic E-state index is 0.160. The van der Waals surface area contributed by atoms with Crippen LogP contribution in [0.2, 0.25) is 0 Å². The van der Waals surface area contributed by atoms with Gasteiger partial charge in [-0.1, -0.05) is 38.1 Å². The topological polar surface area (TPSA) is 35.2 Å².